The number of carbonyl (C=O) groups is 1. The zero-order valence-corrected chi connectivity index (χ0v) is 17.1. The first-order valence-corrected chi connectivity index (χ1v) is 9.39. The predicted octanol–water partition coefficient (Wildman–Crippen LogP) is 4.11. The van der Waals surface area contributed by atoms with Gasteiger partial charge in [0.25, 0.3) is 5.91 Å². The lowest BCUT2D eigenvalue weighted by atomic mass is 10.1. The van der Waals surface area contributed by atoms with E-state index in [4.69, 9.17) is 9.15 Å². The summed E-state index contributed by atoms with van der Waals surface area (Å²) < 4.78 is 11.6. The SMILES string of the molecule is CCCN(C(=O)c1ccc(COc2ccc(C)cc2C)o1)C1CCNC1.Cl. The molecule has 1 amide bonds. The van der Waals surface area contributed by atoms with Gasteiger partial charge in [0.1, 0.15) is 18.1 Å². The van der Waals surface area contributed by atoms with Crippen LogP contribution in [-0.4, -0.2) is 36.5 Å². The van der Waals surface area contributed by atoms with Gasteiger partial charge in [-0.3, -0.25) is 4.79 Å². The Balaban J connectivity index is 0.00000261. The van der Waals surface area contributed by atoms with Crippen LogP contribution in [0.5, 0.6) is 5.75 Å². The number of halogens is 1. The molecule has 0 radical (unpaired) electrons. The number of amides is 1. The van der Waals surface area contributed by atoms with Gasteiger partial charge in [-0.2, -0.15) is 0 Å². The summed E-state index contributed by atoms with van der Waals surface area (Å²) in [6.45, 7) is 9.06. The molecule has 2 heterocycles. The molecule has 0 aliphatic carbocycles. The van der Waals surface area contributed by atoms with Crippen molar-refractivity contribution in [2.75, 3.05) is 19.6 Å². The minimum atomic E-state index is -0.0293. The molecule has 1 aromatic heterocycles. The first-order chi connectivity index (χ1) is 12.6. The Bertz CT molecular complexity index is 754. The quantitative estimate of drug-likeness (QED) is 0.770. The van der Waals surface area contributed by atoms with Crippen molar-refractivity contribution in [1.29, 1.82) is 0 Å². The number of rotatable bonds is 7. The van der Waals surface area contributed by atoms with E-state index < -0.39 is 0 Å². The number of aryl methyl sites for hydroxylation is 2. The van der Waals surface area contributed by atoms with E-state index >= 15 is 0 Å². The lowest BCUT2D eigenvalue weighted by Gasteiger charge is -2.27. The molecule has 0 spiro atoms. The zero-order valence-electron chi connectivity index (χ0n) is 16.3. The third-order valence-electron chi connectivity index (χ3n) is 4.77. The van der Waals surface area contributed by atoms with Crippen LogP contribution in [0.4, 0.5) is 0 Å². The van der Waals surface area contributed by atoms with Gasteiger partial charge in [0.15, 0.2) is 5.76 Å². The molecule has 0 saturated carbocycles. The molecule has 1 aromatic carbocycles. The van der Waals surface area contributed by atoms with Crippen molar-refractivity contribution in [1.82, 2.24) is 10.2 Å². The Morgan fingerprint density at radius 2 is 2.11 bits per heavy atom. The second-order valence-electron chi connectivity index (χ2n) is 6.97. The van der Waals surface area contributed by atoms with Crippen molar-refractivity contribution in [2.24, 2.45) is 0 Å². The zero-order chi connectivity index (χ0) is 18.5. The van der Waals surface area contributed by atoms with Crippen LogP contribution in [0.1, 0.15) is 47.2 Å². The maximum absolute atomic E-state index is 12.9. The summed E-state index contributed by atoms with van der Waals surface area (Å²) in [5.41, 5.74) is 2.30. The fraction of sp³-hybridized carbons (Fsp3) is 0.476. The van der Waals surface area contributed by atoms with E-state index in [9.17, 15) is 4.79 Å². The highest BCUT2D eigenvalue weighted by Crippen LogP contribution is 2.21. The molecule has 5 nitrogen and oxygen atoms in total. The molecule has 0 bridgehead atoms. The fourth-order valence-corrected chi connectivity index (χ4v) is 3.42. The minimum Gasteiger partial charge on any atom is -0.485 e. The predicted molar refractivity (Wildman–Crippen MR) is 109 cm³/mol. The lowest BCUT2D eigenvalue weighted by Crippen LogP contribution is -2.41. The van der Waals surface area contributed by atoms with E-state index in [1.165, 1.54) is 5.56 Å². The Morgan fingerprint density at radius 1 is 1.30 bits per heavy atom. The van der Waals surface area contributed by atoms with Crippen LogP contribution in [0.25, 0.3) is 0 Å². The second kappa shape index (κ2) is 9.81. The fourth-order valence-electron chi connectivity index (χ4n) is 3.42. The van der Waals surface area contributed by atoms with Gasteiger partial charge in [-0.25, -0.2) is 0 Å². The number of hydrogen-bond donors (Lipinski definition) is 1. The van der Waals surface area contributed by atoms with Crippen molar-refractivity contribution in [3.8, 4) is 5.75 Å². The van der Waals surface area contributed by atoms with Crippen molar-refractivity contribution < 1.29 is 13.9 Å². The largest absolute Gasteiger partial charge is 0.485 e. The van der Waals surface area contributed by atoms with E-state index in [2.05, 4.69) is 25.2 Å². The lowest BCUT2D eigenvalue weighted by molar-refractivity contribution is 0.0655. The number of hydrogen-bond acceptors (Lipinski definition) is 4. The minimum absolute atomic E-state index is 0. The summed E-state index contributed by atoms with van der Waals surface area (Å²) in [6.07, 6.45) is 1.93. The van der Waals surface area contributed by atoms with E-state index in [0.29, 0.717) is 18.1 Å². The van der Waals surface area contributed by atoms with Crippen LogP contribution in [0.3, 0.4) is 0 Å². The van der Waals surface area contributed by atoms with Crippen LogP contribution >= 0.6 is 12.4 Å². The highest BCUT2D eigenvalue weighted by molar-refractivity contribution is 5.91. The van der Waals surface area contributed by atoms with E-state index in [1.54, 1.807) is 6.07 Å². The van der Waals surface area contributed by atoms with Gasteiger partial charge in [0, 0.05) is 19.1 Å². The summed E-state index contributed by atoms with van der Waals surface area (Å²) in [7, 11) is 0. The molecule has 1 aliphatic rings. The average Bonchev–Trinajstić information content (AvgIpc) is 3.30. The molecule has 27 heavy (non-hydrogen) atoms. The third-order valence-corrected chi connectivity index (χ3v) is 4.77. The van der Waals surface area contributed by atoms with Gasteiger partial charge in [-0.15, -0.1) is 12.4 Å². The van der Waals surface area contributed by atoms with Gasteiger partial charge >= 0.3 is 0 Å². The van der Waals surface area contributed by atoms with Crippen LogP contribution in [0, 0.1) is 13.8 Å². The summed E-state index contributed by atoms with van der Waals surface area (Å²) in [6, 6.07) is 9.92. The topological polar surface area (TPSA) is 54.7 Å². The van der Waals surface area contributed by atoms with Gasteiger partial charge in [-0.05, 0) is 57.0 Å². The smallest absolute Gasteiger partial charge is 0.289 e. The molecule has 6 heteroatoms. The van der Waals surface area contributed by atoms with Gasteiger partial charge in [-0.1, -0.05) is 24.6 Å². The standard InChI is InChI=1S/C21H28N2O3.ClH/c1-4-11-23(17-9-10-22-13-17)21(24)20-8-6-18(26-20)14-25-19-7-5-15(2)12-16(19)3;/h5-8,12,17,22H,4,9-11,13-14H2,1-3H3;1H. The van der Waals surface area contributed by atoms with Gasteiger partial charge in [0.05, 0.1) is 0 Å². The third kappa shape index (κ3) is 5.27. The van der Waals surface area contributed by atoms with Crippen molar-refractivity contribution in [3.63, 3.8) is 0 Å². The number of ether oxygens (including phenoxy) is 1. The maximum atomic E-state index is 12.9. The molecule has 1 atom stereocenters. The van der Waals surface area contributed by atoms with Crippen LogP contribution in [-0.2, 0) is 6.61 Å². The van der Waals surface area contributed by atoms with Gasteiger partial charge in [0.2, 0.25) is 0 Å². The number of benzene rings is 1. The molecule has 148 valence electrons. The maximum Gasteiger partial charge on any atom is 0.289 e. The number of nitrogens with zero attached hydrogens (tertiary/aromatic N) is 1. The average molecular weight is 393 g/mol. The number of nitrogens with one attached hydrogen (secondary N) is 1. The Labute approximate surface area is 167 Å². The first kappa shape index (κ1) is 21.3. The number of carbonyl (C=O) groups excluding carboxylic acids is 1. The molecule has 1 N–H and O–H groups in total. The number of furan rings is 1. The molecule has 1 aliphatic heterocycles. The van der Waals surface area contributed by atoms with Crippen molar-refractivity contribution in [3.05, 3.63) is 53.0 Å². The summed E-state index contributed by atoms with van der Waals surface area (Å²) in [5.74, 6) is 1.86. The van der Waals surface area contributed by atoms with Crippen molar-refractivity contribution >= 4 is 18.3 Å². The summed E-state index contributed by atoms with van der Waals surface area (Å²) in [5, 5.41) is 3.33. The molecule has 2 aromatic rings. The highest BCUT2D eigenvalue weighted by atomic mass is 35.5. The highest BCUT2D eigenvalue weighted by Gasteiger charge is 2.28. The molecular formula is C21H29ClN2O3. The van der Waals surface area contributed by atoms with E-state index in [1.807, 2.05) is 30.0 Å². The van der Waals surface area contributed by atoms with Crippen molar-refractivity contribution in [2.45, 2.75) is 46.3 Å². The van der Waals surface area contributed by atoms with Crippen LogP contribution < -0.4 is 10.1 Å². The van der Waals surface area contributed by atoms with E-state index in [0.717, 1.165) is 43.8 Å². The molecule has 1 saturated heterocycles. The Morgan fingerprint density at radius 3 is 2.78 bits per heavy atom. The second-order valence-corrected chi connectivity index (χ2v) is 6.97. The summed E-state index contributed by atoms with van der Waals surface area (Å²) >= 11 is 0. The van der Waals surface area contributed by atoms with Gasteiger partial charge < -0.3 is 19.4 Å². The molecule has 1 unspecified atom stereocenters. The summed E-state index contributed by atoms with van der Waals surface area (Å²) in [4.78, 5) is 14.8. The van der Waals surface area contributed by atoms with E-state index in [-0.39, 0.29) is 24.4 Å². The Hall–Kier alpha value is -1.98. The monoisotopic (exact) mass is 392 g/mol. The molecular weight excluding hydrogens is 364 g/mol. The Kier molecular flexibility index (Phi) is 7.75. The molecule has 1 fully saturated rings. The van der Waals surface area contributed by atoms with Crippen LogP contribution in [0.2, 0.25) is 0 Å². The molecule has 3 rings (SSSR count). The normalized spacial score (nSPS) is 16.0. The first-order valence-electron chi connectivity index (χ1n) is 9.39. The van der Waals surface area contributed by atoms with Crippen LogP contribution in [0.15, 0.2) is 34.7 Å².